The third-order valence-electron chi connectivity index (χ3n) is 4.19. The molecule has 2 aliphatic rings. The van der Waals surface area contributed by atoms with E-state index in [9.17, 15) is 4.39 Å². The first-order valence-electron chi connectivity index (χ1n) is 6.49. The van der Waals surface area contributed by atoms with Gasteiger partial charge in [0, 0.05) is 6.04 Å². The van der Waals surface area contributed by atoms with Crippen molar-refractivity contribution >= 4 is 11.6 Å². The van der Waals surface area contributed by atoms with Gasteiger partial charge in [-0.25, -0.2) is 4.39 Å². The quantitative estimate of drug-likeness (QED) is 0.891. The normalized spacial score (nSPS) is 26.7. The number of hydrogen-bond acceptors (Lipinski definition) is 2. The van der Waals surface area contributed by atoms with Gasteiger partial charge in [0.15, 0.2) is 0 Å². The summed E-state index contributed by atoms with van der Waals surface area (Å²) in [5, 5.41) is 3.78. The second-order valence-electron chi connectivity index (χ2n) is 5.28. The van der Waals surface area contributed by atoms with Gasteiger partial charge in [-0.2, -0.15) is 0 Å². The smallest absolute Gasteiger partial charge is 0.141 e. The molecule has 0 radical (unpaired) electrons. The summed E-state index contributed by atoms with van der Waals surface area (Å²) in [6, 6.07) is 5.48. The fourth-order valence-corrected chi connectivity index (χ4v) is 3.20. The summed E-state index contributed by atoms with van der Waals surface area (Å²) in [7, 11) is 0. The van der Waals surface area contributed by atoms with Crippen LogP contribution >= 0.6 is 11.6 Å². The van der Waals surface area contributed by atoms with Gasteiger partial charge in [0.1, 0.15) is 5.82 Å². The van der Waals surface area contributed by atoms with E-state index in [1.807, 2.05) is 6.07 Å². The van der Waals surface area contributed by atoms with Crippen LogP contribution in [0.25, 0.3) is 0 Å². The van der Waals surface area contributed by atoms with Crippen molar-refractivity contribution in [3.05, 3.63) is 34.6 Å². The zero-order valence-corrected chi connectivity index (χ0v) is 11.0. The van der Waals surface area contributed by atoms with Crippen LogP contribution in [0.3, 0.4) is 0 Å². The average molecular weight is 270 g/mol. The average Bonchev–Trinajstić information content (AvgIpc) is 2.34. The standard InChI is InChI=1S/C14H17ClFNO/c15-11-7-10(4-5-12(11)16)14(8-18-9-14)13-3-1-2-6-17-13/h4-5,7,13,17H,1-3,6,8-9H2. The second-order valence-corrected chi connectivity index (χ2v) is 5.69. The molecular formula is C14H17ClFNO. The highest BCUT2D eigenvalue weighted by atomic mass is 35.5. The summed E-state index contributed by atoms with van der Waals surface area (Å²) < 4.78 is 18.7. The van der Waals surface area contributed by atoms with E-state index < -0.39 is 0 Å². The van der Waals surface area contributed by atoms with Crippen molar-refractivity contribution in [2.24, 2.45) is 0 Å². The minimum absolute atomic E-state index is 0.0161. The van der Waals surface area contributed by atoms with Crippen LogP contribution in [0.15, 0.2) is 18.2 Å². The lowest BCUT2D eigenvalue weighted by Crippen LogP contribution is -2.61. The Hall–Kier alpha value is -0.640. The molecule has 0 saturated carbocycles. The first-order chi connectivity index (χ1) is 8.72. The molecule has 0 aromatic heterocycles. The molecule has 3 rings (SSSR count). The third kappa shape index (κ3) is 1.94. The Kier molecular flexibility index (Phi) is 3.31. The zero-order chi connectivity index (χ0) is 12.6. The Morgan fingerprint density at radius 3 is 2.72 bits per heavy atom. The molecular weight excluding hydrogens is 253 g/mol. The Morgan fingerprint density at radius 1 is 1.33 bits per heavy atom. The van der Waals surface area contributed by atoms with E-state index in [1.54, 1.807) is 6.07 Å². The van der Waals surface area contributed by atoms with Crippen LogP contribution in [0.2, 0.25) is 5.02 Å². The van der Waals surface area contributed by atoms with Crippen LogP contribution < -0.4 is 5.32 Å². The lowest BCUT2D eigenvalue weighted by atomic mass is 9.70. The number of halogens is 2. The molecule has 2 saturated heterocycles. The molecule has 1 aromatic carbocycles. The van der Waals surface area contributed by atoms with Crippen molar-refractivity contribution in [3.63, 3.8) is 0 Å². The minimum Gasteiger partial charge on any atom is -0.379 e. The lowest BCUT2D eigenvalue weighted by molar-refractivity contribution is -0.0827. The van der Waals surface area contributed by atoms with E-state index >= 15 is 0 Å². The Labute approximate surface area is 111 Å². The van der Waals surface area contributed by atoms with Crippen LogP contribution in [-0.4, -0.2) is 25.8 Å². The SMILES string of the molecule is Fc1ccc(C2(C3CCCCN3)COC2)cc1Cl. The highest BCUT2D eigenvalue weighted by Gasteiger charge is 2.47. The van der Waals surface area contributed by atoms with E-state index in [-0.39, 0.29) is 16.3 Å². The molecule has 0 aliphatic carbocycles. The molecule has 2 heterocycles. The summed E-state index contributed by atoms with van der Waals surface area (Å²) in [6.07, 6.45) is 3.63. The maximum absolute atomic E-state index is 13.3. The molecule has 1 atom stereocenters. The summed E-state index contributed by atoms with van der Waals surface area (Å²) >= 11 is 5.90. The molecule has 2 aliphatic heterocycles. The number of rotatable bonds is 2. The number of nitrogens with one attached hydrogen (secondary N) is 1. The molecule has 4 heteroatoms. The van der Waals surface area contributed by atoms with Gasteiger partial charge in [-0.3, -0.25) is 0 Å². The maximum Gasteiger partial charge on any atom is 0.141 e. The topological polar surface area (TPSA) is 21.3 Å². The van der Waals surface area contributed by atoms with Crippen LogP contribution in [-0.2, 0) is 10.2 Å². The number of hydrogen-bond donors (Lipinski definition) is 1. The van der Waals surface area contributed by atoms with Gasteiger partial charge in [-0.1, -0.05) is 24.1 Å². The molecule has 1 N–H and O–H groups in total. The molecule has 98 valence electrons. The van der Waals surface area contributed by atoms with Gasteiger partial charge in [0.2, 0.25) is 0 Å². The third-order valence-corrected chi connectivity index (χ3v) is 4.48. The second kappa shape index (κ2) is 4.80. The first kappa shape index (κ1) is 12.4. The van der Waals surface area contributed by atoms with Crippen molar-refractivity contribution in [1.29, 1.82) is 0 Å². The monoisotopic (exact) mass is 269 g/mol. The number of piperidine rings is 1. The molecule has 18 heavy (non-hydrogen) atoms. The van der Waals surface area contributed by atoms with E-state index in [2.05, 4.69) is 5.32 Å². The lowest BCUT2D eigenvalue weighted by Gasteiger charge is -2.49. The predicted molar refractivity (Wildman–Crippen MR) is 69.5 cm³/mol. The van der Waals surface area contributed by atoms with Crippen molar-refractivity contribution < 1.29 is 9.13 Å². The highest BCUT2D eigenvalue weighted by Crippen LogP contribution is 2.39. The predicted octanol–water partition coefficient (Wildman–Crippen LogP) is 2.89. The summed E-state index contributed by atoms with van der Waals surface area (Å²) in [5.41, 5.74) is 1.08. The van der Waals surface area contributed by atoms with E-state index in [0.717, 1.165) is 18.5 Å². The van der Waals surface area contributed by atoms with Crippen molar-refractivity contribution in [2.45, 2.75) is 30.7 Å². The van der Waals surface area contributed by atoms with Crippen molar-refractivity contribution in [1.82, 2.24) is 5.32 Å². The number of benzene rings is 1. The molecule has 2 fully saturated rings. The van der Waals surface area contributed by atoms with Gasteiger partial charge in [-0.05, 0) is 37.1 Å². The largest absolute Gasteiger partial charge is 0.379 e. The van der Waals surface area contributed by atoms with Gasteiger partial charge in [-0.15, -0.1) is 0 Å². The Bertz CT molecular complexity index is 441. The minimum atomic E-state index is -0.354. The summed E-state index contributed by atoms with van der Waals surface area (Å²) in [5.74, 6) is -0.354. The maximum atomic E-state index is 13.3. The highest BCUT2D eigenvalue weighted by molar-refractivity contribution is 6.30. The van der Waals surface area contributed by atoms with E-state index in [1.165, 1.54) is 18.9 Å². The molecule has 0 amide bonds. The van der Waals surface area contributed by atoms with Crippen LogP contribution in [0.4, 0.5) is 4.39 Å². The van der Waals surface area contributed by atoms with Gasteiger partial charge >= 0.3 is 0 Å². The van der Waals surface area contributed by atoms with E-state index in [4.69, 9.17) is 16.3 Å². The van der Waals surface area contributed by atoms with E-state index in [0.29, 0.717) is 19.3 Å². The van der Waals surface area contributed by atoms with Gasteiger partial charge in [0.25, 0.3) is 0 Å². The fourth-order valence-electron chi connectivity index (χ4n) is 3.02. The van der Waals surface area contributed by atoms with Crippen molar-refractivity contribution in [3.8, 4) is 0 Å². The Balaban J connectivity index is 1.92. The zero-order valence-electron chi connectivity index (χ0n) is 10.2. The fraction of sp³-hybridized carbons (Fsp3) is 0.571. The molecule has 0 bridgehead atoms. The van der Waals surface area contributed by atoms with Crippen LogP contribution in [0, 0.1) is 5.82 Å². The summed E-state index contributed by atoms with van der Waals surface area (Å²) in [6.45, 7) is 2.46. The molecule has 1 aromatic rings. The molecule has 2 nitrogen and oxygen atoms in total. The van der Waals surface area contributed by atoms with Crippen LogP contribution in [0.1, 0.15) is 24.8 Å². The van der Waals surface area contributed by atoms with Gasteiger partial charge in [0.05, 0.1) is 23.7 Å². The molecule has 0 spiro atoms. The summed E-state index contributed by atoms with van der Waals surface area (Å²) in [4.78, 5) is 0. The van der Waals surface area contributed by atoms with Crippen LogP contribution in [0.5, 0.6) is 0 Å². The van der Waals surface area contributed by atoms with Gasteiger partial charge < -0.3 is 10.1 Å². The molecule has 1 unspecified atom stereocenters. The van der Waals surface area contributed by atoms with Crippen molar-refractivity contribution in [2.75, 3.05) is 19.8 Å². The Morgan fingerprint density at radius 2 is 2.17 bits per heavy atom. The number of ether oxygens (including phenoxy) is 1. The first-order valence-corrected chi connectivity index (χ1v) is 6.87.